The SMILES string of the molecule is COCc1cc(C(=O)N2CC[C@H](C(=O)O)C2)ccc1F. The summed E-state index contributed by atoms with van der Waals surface area (Å²) >= 11 is 0. The molecule has 0 bridgehead atoms. The fourth-order valence-electron chi connectivity index (χ4n) is 2.30. The van der Waals surface area contributed by atoms with Crippen LogP contribution < -0.4 is 0 Å². The third-order valence-electron chi connectivity index (χ3n) is 3.42. The first kappa shape index (κ1) is 14.5. The Labute approximate surface area is 116 Å². The van der Waals surface area contributed by atoms with E-state index in [1.807, 2.05) is 0 Å². The van der Waals surface area contributed by atoms with Crippen molar-refractivity contribution in [2.45, 2.75) is 13.0 Å². The molecular weight excluding hydrogens is 265 g/mol. The number of likely N-dealkylation sites (tertiary alicyclic amines) is 1. The van der Waals surface area contributed by atoms with Crippen LogP contribution in [0.3, 0.4) is 0 Å². The predicted molar refractivity (Wildman–Crippen MR) is 68.8 cm³/mol. The zero-order valence-corrected chi connectivity index (χ0v) is 11.1. The third kappa shape index (κ3) is 2.96. The molecule has 1 aromatic carbocycles. The van der Waals surface area contributed by atoms with Crippen molar-refractivity contribution in [2.75, 3.05) is 20.2 Å². The number of hydrogen-bond donors (Lipinski definition) is 1. The van der Waals surface area contributed by atoms with Crippen molar-refractivity contribution in [1.82, 2.24) is 4.90 Å². The summed E-state index contributed by atoms with van der Waals surface area (Å²) in [6.07, 6.45) is 0.452. The van der Waals surface area contributed by atoms with E-state index in [4.69, 9.17) is 9.84 Å². The Kier molecular flexibility index (Phi) is 4.34. The van der Waals surface area contributed by atoms with Crippen LogP contribution in [0.25, 0.3) is 0 Å². The summed E-state index contributed by atoms with van der Waals surface area (Å²) in [5.74, 6) is -2.10. The number of nitrogens with zero attached hydrogens (tertiary/aromatic N) is 1. The van der Waals surface area contributed by atoms with E-state index in [0.29, 0.717) is 24.1 Å². The number of ether oxygens (including phenoxy) is 1. The maximum Gasteiger partial charge on any atom is 0.308 e. The lowest BCUT2D eigenvalue weighted by molar-refractivity contribution is -0.141. The molecule has 0 aliphatic carbocycles. The van der Waals surface area contributed by atoms with Crippen LogP contribution in [0.2, 0.25) is 0 Å². The van der Waals surface area contributed by atoms with Gasteiger partial charge >= 0.3 is 5.97 Å². The average Bonchev–Trinajstić information content (AvgIpc) is 2.90. The van der Waals surface area contributed by atoms with Crippen LogP contribution >= 0.6 is 0 Å². The number of carboxylic acid groups (broad SMARTS) is 1. The summed E-state index contributed by atoms with van der Waals surface area (Å²) in [6.45, 7) is 0.697. The summed E-state index contributed by atoms with van der Waals surface area (Å²) in [6, 6.07) is 4.09. The number of carboxylic acids is 1. The van der Waals surface area contributed by atoms with E-state index < -0.39 is 17.7 Å². The molecule has 1 fully saturated rings. The van der Waals surface area contributed by atoms with Crippen LogP contribution in [0.1, 0.15) is 22.3 Å². The molecule has 5 nitrogen and oxygen atoms in total. The molecule has 108 valence electrons. The first-order valence-corrected chi connectivity index (χ1v) is 6.32. The van der Waals surface area contributed by atoms with Gasteiger partial charge in [-0.1, -0.05) is 0 Å². The zero-order chi connectivity index (χ0) is 14.7. The van der Waals surface area contributed by atoms with E-state index in [9.17, 15) is 14.0 Å². The number of methoxy groups -OCH3 is 1. The minimum Gasteiger partial charge on any atom is -0.481 e. The van der Waals surface area contributed by atoms with E-state index in [1.54, 1.807) is 0 Å². The van der Waals surface area contributed by atoms with Gasteiger partial charge in [-0.25, -0.2) is 4.39 Å². The Morgan fingerprint density at radius 3 is 2.85 bits per heavy atom. The molecule has 20 heavy (non-hydrogen) atoms. The van der Waals surface area contributed by atoms with Gasteiger partial charge in [0, 0.05) is 31.3 Å². The Morgan fingerprint density at radius 1 is 1.50 bits per heavy atom. The van der Waals surface area contributed by atoms with Gasteiger partial charge in [-0.3, -0.25) is 9.59 Å². The van der Waals surface area contributed by atoms with Gasteiger partial charge in [0.05, 0.1) is 12.5 Å². The second kappa shape index (κ2) is 6.00. The fraction of sp³-hybridized carbons (Fsp3) is 0.429. The molecule has 0 spiro atoms. The number of carbonyl (C=O) groups excluding carboxylic acids is 1. The number of hydrogen-bond acceptors (Lipinski definition) is 3. The Hall–Kier alpha value is -1.95. The summed E-state index contributed by atoms with van der Waals surface area (Å²) in [4.78, 5) is 24.6. The lowest BCUT2D eigenvalue weighted by atomic mass is 10.1. The lowest BCUT2D eigenvalue weighted by Gasteiger charge is -2.16. The molecule has 1 aromatic rings. The van der Waals surface area contributed by atoms with Crippen molar-refractivity contribution in [2.24, 2.45) is 5.92 Å². The topological polar surface area (TPSA) is 66.8 Å². The number of amides is 1. The van der Waals surface area contributed by atoms with Gasteiger partial charge in [-0.05, 0) is 24.6 Å². The lowest BCUT2D eigenvalue weighted by Crippen LogP contribution is -2.30. The highest BCUT2D eigenvalue weighted by Crippen LogP contribution is 2.20. The smallest absolute Gasteiger partial charge is 0.308 e. The second-order valence-electron chi connectivity index (χ2n) is 4.81. The van der Waals surface area contributed by atoms with Crippen LogP contribution in [-0.4, -0.2) is 42.1 Å². The quantitative estimate of drug-likeness (QED) is 0.908. The van der Waals surface area contributed by atoms with E-state index in [0.717, 1.165) is 0 Å². The third-order valence-corrected chi connectivity index (χ3v) is 3.42. The number of carbonyl (C=O) groups is 2. The van der Waals surface area contributed by atoms with E-state index in [-0.39, 0.29) is 19.1 Å². The molecule has 1 aliphatic heterocycles. The fourth-order valence-corrected chi connectivity index (χ4v) is 2.30. The molecule has 0 saturated carbocycles. The maximum atomic E-state index is 13.5. The van der Waals surface area contributed by atoms with Gasteiger partial charge in [-0.15, -0.1) is 0 Å². The van der Waals surface area contributed by atoms with E-state index in [1.165, 1.54) is 30.2 Å². The zero-order valence-electron chi connectivity index (χ0n) is 11.1. The van der Waals surface area contributed by atoms with Crippen molar-refractivity contribution in [3.63, 3.8) is 0 Å². The summed E-state index contributed by atoms with van der Waals surface area (Å²) in [5, 5.41) is 8.93. The second-order valence-corrected chi connectivity index (χ2v) is 4.81. The van der Waals surface area contributed by atoms with Crippen molar-refractivity contribution in [1.29, 1.82) is 0 Å². The van der Waals surface area contributed by atoms with Crippen molar-refractivity contribution in [3.05, 3.63) is 35.1 Å². The summed E-state index contributed by atoms with van der Waals surface area (Å²) < 4.78 is 18.4. The number of halogens is 1. The normalized spacial score (nSPS) is 18.3. The van der Waals surface area contributed by atoms with Crippen LogP contribution in [-0.2, 0) is 16.1 Å². The Morgan fingerprint density at radius 2 is 2.25 bits per heavy atom. The van der Waals surface area contributed by atoms with Gasteiger partial charge in [0.25, 0.3) is 5.91 Å². The average molecular weight is 281 g/mol. The highest BCUT2D eigenvalue weighted by Gasteiger charge is 2.31. The van der Waals surface area contributed by atoms with E-state index >= 15 is 0 Å². The molecule has 0 radical (unpaired) electrons. The summed E-state index contributed by atoms with van der Waals surface area (Å²) in [5.41, 5.74) is 0.664. The number of rotatable bonds is 4. The largest absolute Gasteiger partial charge is 0.481 e. The molecule has 1 heterocycles. The van der Waals surface area contributed by atoms with Gasteiger partial charge in [0.15, 0.2) is 0 Å². The number of benzene rings is 1. The van der Waals surface area contributed by atoms with Gasteiger partial charge in [-0.2, -0.15) is 0 Å². The van der Waals surface area contributed by atoms with Crippen molar-refractivity contribution in [3.8, 4) is 0 Å². The highest BCUT2D eigenvalue weighted by atomic mass is 19.1. The maximum absolute atomic E-state index is 13.5. The van der Waals surface area contributed by atoms with Gasteiger partial charge in [0.2, 0.25) is 0 Å². The van der Waals surface area contributed by atoms with Crippen LogP contribution in [0, 0.1) is 11.7 Å². The Bertz CT molecular complexity index is 532. The van der Waals surface area contributed by atoms with E-state index in [2.05, 4.69) is 0 Å². The molecular formula is C14H16FNO4. The molecule has 2 rings (SSSR count). The molecule has 6 heteroatoms. The van der Waals surface area contributed by atoms with Gasteiger partial charge in [0.1, 0.15) is 5.82 Å². The van der Waals surface area contributed by atoms with Crippen molar-refractivity contribution >= 4 is 11.9 Å². The van der Waals surface area contributed by atoms with Gasteiger partial charge < -0.3 is 14.7 Å². The van der Waals surface area contributed by atoms with Crippen LogP contribution in [0.15, 0.2) is 18.2 Å². The molecule has 1 N–H and O–H groups in total. The monoisotopic (exact) mass is 281 g/mol. The predicted octanol–water partition coefficient (Wildman–Crippen LogP) is 1.52. The molecule has 1 atom stereocenters. The number of aliphatic carboxylic acids is 1. The molecule has 0 aromatic heterocycles. The first-order valence-electron chi connectivity index (χ1n) is 6.32. The highest BCUT2D eigenvalue weighted by molar-refractivity contribution is 5.95. The van der Waals surface area contributed by atoms with Crippen LogP contribution in [0.4, 0.5) is 4.39 Å². The molecule has 0 unspecified atom stereocenters. The molecule has 1 aliphatic rings. The minimum atomic E-state index is -0.889. The van der Waals surface area contributed by atoms with Crippen molar-refractivity contribution < 1.29 is 23.8 Å². The standard InChI is InChI=1S/C14H16FNO4/c1-20-8-11-6-9(2-3-12(11)15)13(17)16-5-4-10(7-16)14(18)19/h2-3,6,10H,4-5,7-8H2,1H3,(H,18,19)/t10-/m0/s1. The molecule has 1 amide bonds. The molecule has 1 saturated heterocycles. The van der Waals surface area contributed by atoms with Crippen LogP contribution in [0.5, 0.6) is 0 Å². The minimum absolute atomic E-state index is 0.0880. The summed E-state index contributed by atoms with van der Waals surface area (Å²) in [7, 11) is 1.45. The first-order chi connectivity index (χ1) is 9.52. The Balaban J connectivity index is 2.14.